The molecule has 0 aromatic heterocycles. The normalized spacial score (nSPS) is 41.6. The molecule has 3 nitrogen and oxygen atoms in total. The highest BCUT2D eigenvalue weighted by Gasteiger charge is 2.29. The lowest BCUT2D eigenvalue weighted by Gasteiger charge is -2.24. The minimum atomic E-state index is -2.72. The van der Waals surface area contributed by atoms with E-state index in [4.69, 9.17) is 9.05 Å². The highest BCUT2D eigenvalue weighted by Crippen LogP contribution is 2.61. The Kier molecular flexibility index (Phi) is 2.81. The summed E-state index contributed by atoms with van der Waals surface area (Å²) in [4.78, 5) is 0. The molecule has 1 aliphatic heterocycles. The Bertz CT molecular complexity index is 149. The van der Waals surface area contributed by atoms with Crippen LogP contribution in [0.4, 0.5) is 0 Å². The molecule has 0 saturated carbocycles. The Morgan fingerprint density at radius 2 is 2.00 bits per heavy atom. The van der Waals surface area contributed by atoms with E-state index in [9.17, 15) is 4.57 Å². The van der Waals surface area contributed by atoms with Gasteiger partial charge in [-0.3, -0.25) is 0 Å². The van der Waals surface area contributed by atoms with Gasteiger partial charge in [-0.2, -0.15) is 0 Å². The van der Waals surface area contributed by atoms with Crippen molar-refractivity contribution >= 4 is 18.2 Å². The fourth-order valence-electron chi connectivity index (χ4n) is 0.628. The van der Waals surface area contributed by atoms with Crippen LogP contribution < -0.4 is 0 Å². The molecule has 0 bridgehead atoms. The van der Waals surface area contributed by atoms with E-state index in [1.807, 2.05) is 6.92 Å². The standard InChI is InChI=1S/C5H11O3PS/c1-5-3-7-9(6,10-2)8-4-5/h5H,3-4H2,1-2H3. The maximum atomic E-state index is 11.3. The Balaban J connectivity index is 2.46. The molecule has 0 aliphatic carbocycles. The smallest absolute Gasteiger partial charge is 0.300 e. The first-order valence-corrected chi connectivity index (χ1v) is 6.48. The van der Waals surface area contributed by atoms with Crippen molar-refractivity contribution in [1.29, 1.82) is 0 Å². The third kappa shape index (κ3) is 1.99. The zero-order chi connectivity index (χ0) is 7.61. The van der Waals surface area contributed by atoms with E-state index in [0.29, 0.717) is 19.1 Å². The van der Waals surface area contributed by atoms with E-state index >= 15 is 0 Å². The second-order valence-electron chi connectivity index (χ2n) is 2.33. The molecule has 1 fully saturated rings. The Labute approximate surface area is 64.8 Å². The maximum absolute atomic E-state index is 11.3. The summed E-state index contributed by atoms with van der Waals surface area (Å²) in [7, 11) is 0. The van der Waals surface area contributed by atoms with Gasteiger partial charge < -0.3 is 9.05 Å². The average Bonchev–Trinajstić information content (AvgIpc) is 1.96. The van der Waals surface area contributed by atoms with Crippen LogP contribution in [0.25, 0.3) is 0 Å². The molecule has 60 valence electrons. The third-order valence-corrected chi connectivity index (χ3v) is 4.61. The van der Waals surface area contributed by atoms with Crippen molar-refractivity contribution in [2.24, 2.45) is 5.92 Å². The summed E-state index contributed by atoms with van der Waals surface area (Å²) < 4.78 is 21.3. The van der Waals surface area contributed by atoms with Crippen molar-refractivity contribution in [2.45, 2.75) is 6.92 Å². The van der Waals surface area contributed by atoms with Crippen molar-refractivity contribution in [1.82, 2.24) is 0 Å². The summed E-state index contributed by atoms with van der Waals surface area (Å²) in [6.45, 7) is 0.396. The van der Waals surface area contributed by atoms with E-state index in [1.54, 1.807) is 6.26 Å². The molecule has 1 aliphatic rings. The molecule has 0 radical (unpaired) electrons. The van der Waals surface area contributed by atoms with Crippen molar-refractivity contribution in [3.8, 4) is 0 Å². The predicted octanol–water partition coefficient (Wildman–Crippen LogP) is 2.14. The highest BCUT2D eigenvalue weighted by molar-refractivity contribution is 8.54. The zero-order valence-electron chi connectivity index (χ0n) is 6.07. The van der Waals surface area contributed by atoms with Gasteiger partial charge in [-0.1, -0.05) is 6.92 Å². The average molecular weight is 182 g/mol. The molecule has 1 rings (SSSR count). The molecule has 10 heavy (non-hydrogen) atoms. The quantitative estimate of drug-likeness (QED) is 0.582. The SMILES string of the molecule is CSP1(=O)OCC(C)CO1. The van der Waals surface area contributed by atoms with Crippen molar-refractivity contribution in [3.05, 3.63) is 0 Å². The van der Waals surface area contributed by atoms with Crippen LogP contribution in [-0.2, 0) is 13.6 Å². The fourth-order valence-corrected chi connectivity index (χ4v) is 2.78. The predicted molar refractivity (Wildman–Crippen MR) is 42.2 cm³/mol. The van der Waals surface area contributed by atoms with Gasteiger partial charge in [-0.15, -0.1) is 0 Å². The number of hydrogen-bond donors (Lipinski definition) is 0. The summed E-state index contributed by atoms with van der Waals surface area (Å²) in [5.41, 5.74) is 0. The monoisotopic (exact) mass is 182 g/mol. The maximum Gasteiger partial charge on any atom is 0.388 e. The lowest BCUT2D eigenvalue weighted by atomic mass is 10.2. The van der Waals surface area contributed by atoms with Crippen molar-refractivity contribution < 1.29 is 13.6 Å². The van der Waals surface area contributed by atoms with Gasteiger partial charge in [0.2, 0.25) is 0 Å². The summed E-state index contributed by atoms with van der Waals surface area (Å²) in [5, 5.41) is 0. The lowest BCUT2D eigenvalue weighted by Crippen LogP contribution is -2.16. The Morgan fingerprint density at radius 1 is 1.50 bits per heavy atom. The summed E-state index contributed by atoms with van der Waals surface area (Å²) >= 11 is 1.16. The summed E-state index contributed by atoms with van der Waals surface area (Å²) in [5.74, 6) is 0.370. The number of hydrogen-bond acceptors (Lipinski definition) is 4. The first kappa shape index (κ1) is 8.60. The minimum absolute atomic E-state index is 0.370. The van der Waals surface area contributed by atoms with Gasteiger partial charge in [0.05, 0.1) is 13.2 Å². The van der Waals surface area contributed by atoms with Crippen LogP contribution in [0.2, 0.25) is 0 Å². The molecular weight excluding hydrogens is 171 g/mol. The van der Waals surface area contributed by atoms with Gasteiger partial charge >= 0.3 is 6.80 Å². The first-order chi connectivity index (χ1) is 4.66. The molecule has 1 heterocycles. The van der Waals surface area contributed by atoms with Crippen LogP contribution in [0.3, 0.4) is 0 Å². The molecule has 0 aromatic carbocycles. The molecular formula is C5H11O3PS. The second kappa shape index (κ2) is 3.26. The fraction of sp³-hybridized carbons (Fsp3) is 1.00. The third-order valence-electron chi connectivity index (χ3n) is 1.26. The largest absolute Gasteiger partial charge is 0.388 e. The minimum Gasteiger partial charge on any atom is -0.300 e. The molecule has 0 amide bonds. The van der Waals surface area contributed by atoms with Gasteiger partial charge in [0, 0.05) is 5.92 Å². The summed E-state index contributed by atoms with van der Waals surface area (Å²) in [6, 6.07) is 0. The van der Waals surface area contributed by atoms with Crippen molar-refractivity contribution in [3.63, 3.8) is 0 Å². The zero-order valence-corrected chi connectivity index (χ0v) is 7.78. The van der Waals surface area contributed by atoms with Crippen LogP contribution >= 0.6 is 18.2 Å². The highest BCUT2D eigenvalue weighted by atomic mass is 32.7. The molecule has 0 spiro atoms. The lowest BCUT2D eigenvalue weighted by molar-refractivity contribution is 0.113. The van der Waals surface area contributed by atoms with E-state index in [0.717, 1.165) is 11.4 Å². The molecule has 0 N–H and O–H groups in total. The van der Waals surface area contributed by atoms with Crippen LogP contribution in [-0.4, -0.2) is 19.5 Å². The van der Waals surface area contributed by atoms with Crippen LogP contribution in [0.1, 0.15) is 6.92 Å². The van der Waals surface area contributed by atoms with E-state index in [1.165, 1.54) is 0 Å². The van der Waals surface area contributed by atoms with Gasteiger partial charge in [0.15, 0.2) is 0 Å². The second-order valence-corrected chi connectivity index (χ2v) is 6.54. The van der Waals surface area contributed by atoms with E-state index < -0.39 is 6.80 Å². The van der Waals surface area contributed by atoms with Gasteiger partial charge in [-0.25, -0.2) is 4.57 Å². The molecule has 5 heteroatoms. The molecule has 1 saturated heterocycles. The van der Waals surface area contributed by atoms with Crippen LogP contribution in [0.15, 0.2) is 0 Å². The van der Waals surface area contributed by atoms with Gasteiger partial charge in [0.1, 0.15) is 0 Å². The first-order valence-electron chi connectivity index (χ1n) is 3.11. The van der Waals surface area contributed by atoms with Crippen LogP contribution in [0.5, 0.6) is 0 Å². The summed E-state index contributed by atoms with van der Waals surface area (Å²) in [6.07, 6.45) is 1.73. The van der Waals surface area contributed by atoms with Gasteiger partial charge in [-0.05, 0) is 17.6 Å². The van der Waals surface area contributed by atoms with E-state index in [-0.39, 0.29) is 0 Å². The van der Waals surface area contributed by atoms with Crippen molar-refractivity contribution in [2.75, 3.05) is 19.5 Å². The molecule has 0 unspecified atom stereocenters. The number of rotatable bonds is 1. The topological polar surface area (TPSA) is 35.5 Å². The van der Waals surface area contributed by atoms with E-state index in [2.05, 4.69) is 0 Å². The van der Waals surface area contributed by atoms with Gasteiger partial charge in [0.25, 0.3) is 0 Å². The molecule has 0 aromatic rings. The Hall–Kier alpha value is 0.500. The Morgan fingerprint density at radius 3 is 2.40 bits per heavy atom. The van der Waals surface area contributed by atoms with Crippen LogP contribution in [0, 0.1) is 5.92 Å². The molecule has 0 atom stereocenters.